The van der Waals surface area contributed by atoms with Gasteiger partial charge >= 0.3 is 5.97 Å². The normalized spacial score (nSPS) is 46.2. The molecule has 0 bridgehead atoms. The minimum Gasteiger partial charge on any atom is -0.459 e. The van der Waals surface area contributed by atoms with Crippen LogP contribution < -0.4 is 0 Å². The van der Waals surface area contributed by atoms with Gasteiger partial charge in [0, 0.05) is 0 Å². The second-order valence-corrected chi connectivity index (χ2v) is 8.73. The molecule has 0 aromatic rings. The fourth-order valence-corrected chi connectivity index (χ4v) is 5.83. The van der Waals surface area contributed by atoms with E-state index in [1.54, 1.807) is 0 Å². The summed E-state index contributed by atoms with van der Waals surface area (Å²) in [6.45, 7) is 11.2. The zero-order valence-electron chi connectivity index (χ0n) is 15.8. The predicted molar refractivity (Wildman–Crippen MR) is 96.8 cm³/mol. The summed E-state index contributed by atoms with van der Waals surface area (Å²) in [7, 11) is 0. The van der Waals surface area contributed by atoms with E-state index >= 15 is 0 Å². The summed E-state index contributed by atoms with van der Waals surface area (Å²) < 4.78 is 4.93. The van der Waals surface area contributed by atoms with E-state index in [-0.39, 0.29) is 29.5 Å². The van der Waals surface area contributed by atoms with Crippen molar-refractivity contribution >= 4 is 5.97 Å². The SMILES string of the molecule is C=C1CC[C@@H]2[C@](C)(CC)[C@H](O)CC[C@@]2(C)[C@@H]1C/C=C1/C(=O)OC[C@H]1O. The molecule has 25 heavy (non-hydrogen) atoms. The lowest BCUT2D eigenvalue weighted by atomic mass is 9.45. The number of aliphatic hydroxyl groups is 2. The lowest BCUT2D eigenvalue weighted by molar-refractivity contribution is -0.135. The number of hydrogen-bond donors (Lipinski definition) is 2. The van der Waals surface area contributed by atoms with Crippen molar-refractivity contribution in [3.05, 3.63) is 23.8 Å². The lowest BCUT2D eigenvalue weighted by Gasteiger charge is -2.60. The van der Waals surface area contributed by atoms with Crippen molar-refractivity contribution in [2.45, 2.75) is 71.5 Å². The van der Waals surface area contributed by atoms with Crippen molar-refractivity contribution in [2.75, 3.05) is 6.61 Å². The molecule has 1 aliphatic heterocycles. The van der Waals surface area contributed by atoms with Gasteiger partial charge < -0.3 is 14.9 Å². The third-order valence-corrected chi connectivity index (χ3v) is 7.66. The highest BCUT2D eigenvalue weighted by atomic mass is 16.6. The van der Waals surface area contributed by atoms with Crippen molar-refractivity contribution in [1.29, 1.82) is 0 Å². The number of carbonyl (C=O) groups is 1. The van der Waals surface area contributed by atoms with E-state index in [1.807, 2.05) is 6.08 Å². The van der Waals surface area contributed by atoms with Crippen LogP contribution >= 0.6 is 0 Å². The Balaban J connectivity index is 1.89. The zero-order valence-corrected chi connectivity index (χ0v) is 15.8. The molecular formula is C21H32O4. The topological polar surface area (TPSA) is 66.8 Å². The molecule has 2 saturated carbocycles. The molecule has 0 amide bonds. The van der Waals surface area contributed by atoms with Gasteiger partial charge in [-0.05, 0) is 61.2 Å². The fraction of sp³-hybridized carbons (Fsp3) is 0.762. The van der Waals surface area contributed by atoms with Crippen LogP contribution in [-0.4, -0.2) is 35.0 Å². The molecule has 4 nitrogen and oxygen atoms in total. The molecule has 6 atom stereocenters. The molecule has 3 rings (SSSR count). The summed E-state index contributed by atoms with van der Waals surface area (Å²) in [5.74, 6) is 0.328. The highest BCUT2D eigenvalue weighted by molar-refractivity contribution is 5.91. The number of hydrogen-bond acceptors (Lipinski definition) is 4. The molecule has 140 valence electrons. The molecule has 0 aromatic heterocycles. The van der Waals surface area contributed by atoms with E-state index in [9.17, 15) is 15.0 Å². The highest BCUT2D eigenvalue weighted by Gasteiger charge is 2.56. The van der Waals surface area contributed by atoms with E-state index < -0.39 is 12.1 Å². The van der Waals surface area contributed by atoms with Gasteiger partial charge in [-0.3, -0.25) is 0 Å². The first kappa shape index (κ1) is 18.7. The third kappa shape index (κ3) is 2.87. The Morgan fingerprint density at radius 2 is 2.04 bits per heavy atom. The summed E-state index contributed by atoms with van der Waals surface area (Å²) >= 11 is 0. The third-order valence-electron chi connectivity index (χ3n) is 7.66. The van der Waals surface area contributed by atoms with Gasteiger partial charge in [-0.1, -0.05) is 39.0 Å². The Morgan fingerprint density at radius 1 is 1.32 bits per heavy atom. The number of ether oxygens (including phenoxy) is 1. The highest BCUT2D eigenvalue weighted by Crippen LogP contribution is 2.62. The van der Waals surface area contributed by atoms with Crippen LogP contribution in [0, 0.1) is 22.7 Å². The van der Waals surface area contributed by atoms with E-state index in [1.165, 1.54) is 5.57 Å². The maximum atomic E-state index is 11.8. The number of aliphatic hydroxyl groups excluding tert-OH is 2. The average molecular weight is 348 g/mol. The van der Waals surface area contributed by atoms with Crippen molar-refractivity contribution in [2.24, 2.45) is 22.7 Å². The van der Waals surface area contributed by atoms with Crippen LogP contribution in [0.15, 0.2) is 23.8 Å². The summed E-state index contributed by atoms with van der Waals surface area (Å²) in [6.07, 6.45) is 6.37. The van der Waals surface area contributed by atoms with Crippen molar-refractivity contribution in [3.8, 4) is 0 Å². The van der Waals surface area contributed by atoms with Crippen molar-refractivity contribution in [3.63, 3.8) is 0 Å². The second kappa shape index (κ2) is 6.55. The minimum atomic E-state index is -0.804. The van der Waals surface area contributed by atoms with Crippen LogP contribution in [0.2, 0.25) is 0 Å². The number of cyclic esters (lactones) is 1. The summed E-state index contributed by atoms with van der Waals surface area (Å²) in [5, 5.41) is 20.6. The predicted octanol–water partition coefficient (Wildman–Crippen LogP) is 3.38. The Bertz CT molecular complexity index is 595. The van der Waals surface area contributed by atoms with Gasteiger partial charge in [0.25, 0.3) is 0 Å². The molecule has 0 radical (unpaired) electrons. The van der Waals surface area contributed by atoms with Crippen LogP contribution in [0.25, 0.3) is 0 Å². The van der Waals surface area contributed by atoms with Crippen molar-refractivity contribution in [1.82, 2.24) is 0 Å². The Labute approximate surface area is 151 Å². The van der Waals surface area contributed by atoms with Gasteiger partial charge in [0.15, 0.2) is 0 Å². The van der Waals surface area contributed by atoms with Gasteiger partial charge in [-0.25, -0.2) is 4.79 Å². The molecule has 1 heterocycles. The number of rotatable bonds is 3. The van der Waals surface area contributed by atoms with Crippen LogP contribution in [0.1, 0.15) is 59.3 Å². The average Bonchev–Trinajstić information content (AvgIpc) is 2.89. The first-order valence-corrected chi connectivity index (χ1v) is 9.65. The quantitative estimate of drug-likeness (QED) is 0.466. The number of esters is 1. The van der Waals surface area contributed by atoms with Gasteiger partial charge in [0.2, 0.25) is 0 Å². The number of fused-ring (bicyclic) bond motifs is 1. The molecule has 3 aliphatic rings. The first-order chi connectivity index (χ1) is 11.7. The Kier molecular flexibility index (Phi) is 4.89. The molecule has 0 spiro atoms. The molecule has 0 unspecified atom stereocenters. The second-order valence-electron chi connectivity index (χ2n) is 8.73. The maximum Gasteiger partial charge on any atom is 0.336 e. The summed E-state index contributed by atoms with van der Waals surface area (Å²) in [6, 6.07) is 0. The smallest absolute Gasteiger partial charge is 0.336 e. The summed E-state index contributed by atoms with van der Waals surface area (Å²) in [5.41, 5.74) is 1.65. The number of carbonyl (C=O) groups excluding carboxylic acids is 1. The van der Waals surface area contributed by atoms with Gasteiger partial charge in [-0.15, -0.1) is 0 Å². The van der Waals surface area contributed by atoms with E-state index in [2.05, 4.69) is 27.4 Å². The Hall–Kier alpha value is -1.13. The lowest BCUT2D eigenvalue weighted by Crippen LogP contribution is -2.55. The van der Waals surface area contributed by atoms with Crippen LogP contribution in [-0.2, 0) is 9.53 Å². The largest absolute Gasteiger partial charge is 0.459 e. The minimum absolute atomic E-state index is 0.0646. The van der Waals surface area contributed by atoms with Crippen LogP contribution in [0.3, 0.4) is 0 Å². The Morgan fingerprint density at radius 3 is 2.64 bits per heavy atom. The molecule has 3 fully saturated rings. The first-order valence-electron chi connectivity index (χ1n) is 9.65. The molecule has 2 N–H and O–H groups in total. The molecular weight excluding hydrogens is 316 g/mol. The zero-order chi connectivity index (χ0) is 18.4. The van der Waals surface area contributed by atoms with Gasteiger partial charge in [-0.2, -0.15) is 0 Å². The van der Waals surface area contributed by atoms with Gasteiger partial charge in [0.05, 0.1) is 11.7 Å². The van der Waals surface area contributed by atoms with Gasteiger partial charge in [0.1, 0.15) is 12.7 Å². The molecule has 0 aromatic carbocycles. The van der Waals surface area contributed by atoms with Crippen LogP contribution in [0.5, 0.6) is 0 Å². The molecule has 1 saturated heterocycles. The monoisotopic (exact) mass is 348 g/mol. The summed E-state index contributed by atoms with van der Waals surface area (Å²) in [4.78, 5) is 11.8. The molecule has 4 heteroatoms. The maximum absolute atomic E-state index is 11.8. The van der Waals surface area contributed by atoms with Crippen molar-refractivity contribution < 1.29 is 19.7 Å². The number of allylic oxidation sites excluding steroid dienone is 2. The van der Waals surface area contributed by atoms with Crippen LogP contribution in [0.4, 0.5) is 0 Å². The molecule has 2 aliphatic carbocycles. The fourth-order valence-electron chi connectivity index (χ4n) is 5.83. The van der Waals surface area contributed by atoms with E-state index in [0.717, 1.165) is 32.1 Å². The standard InChI is InChI=1S/C21H32O4/c1-5-20(3)17-9-6-13(2)15(21(17,4)11-10-18(20)23)8-7-14-16(22)12-25-19(14)24/h7,15-18,22-23H,2,5-6,8-12H2,1,3-4H3/b14-7+/t15-,16-,17-,18-,20+,21+/m1/s1. The van der Waals surface area contributed by atoms with E-state index in [0.29, 0.717) is 17.9 Å². The van der Waals surface area contributed by atoms with E-state index in [4.69, 9.17) is 4.74 Å².